The van der Waals surface area contributed by atoms with Crippen LogP contribution in [0, 0.1) is 0 Å². The summed E-state index contributed by atoms with van der Waals surface area (Å²) in [6.07, 6.45) is 1.97. The topological polar surface area (TPSA) is 80.1 Å². The molecule has 1 aliphatic heterocycles. The Kier molecular flexibility index (Phi) is 7.03. The van der Waals surface area contributed by atoms with Crippen LogP contribution in [0.25, 0.3) is 11.1 Å². The maximum atomic E-state index is 12.4. The molecule has 2 heterocycles. The third-order valence-electron chi connectivity index (χ3n) is 5.90. The third-order valence-corrected chi connectivity index (χ3v) is 5.90. The number of fused-ring (bicyclic) bond motifs is 1. The molecule has 0 unspecified atom stereocenters. The van der Waals surface area contributed by atoms with Gasteiger partial charge in [-0.1, -0.05) is 12.1 Å². The van der Waals surface area contributed by atoms with Crippen LogP contribution < -0.4 is 14.8 Å². The highest BCUT2D eigenvalue weighted by Gasteiger charge is 2.22. The van der Waals surface area contributed by atoms with E-state index in [0.29, 0.717) is 29.3 Å². The van der Waals surface area contributed by atoms with Crippen molar-refractivity contribution in [3.05, 3.63) is 47.5 Å². The molecule has 1 saturated heterocycles. The Hall–Kier alpha value is -3.26. The lowest BCUT2D eigenvalue weighted by atomic mass is 10.0. The number of piperidine rings is 1. The van der Waals surface area contributed by atoms with E-state index in [4.69, 9.17) is 13.9 Å². The lowest BCUT2D eigenvalue weighted by Gasteiger charge is -2.32. The van der Waals surface area contributed by atoms with Crippen LogP contribution >= 0.6 is 0 Å². The van der Waals surface area contributed by atoms with Crippen LogP contribution in [0.1, 0.15) is 35.7 Å². The number of ether oxygens (including phenoxy) is 2. The molecule has 1 N–H and O–H groups in total. The van der Waals surface area contributed by atoms with Gasteiger partial charge in [-0.25, -0.2) is 0 Å². The summed E-state index contributed by atoms with van der Waals surface area (Å²) in [5.41, 5.74) is 2.95. The van der Waals surface area contributed by atoms with Gasteiger partial charge >= 0.3 is 0 Å². The molecule has 0 saturated carbocycles. The van der Waals surface area contributed by atoms with E-state index in [1.807, 2.05) is 25.1 Å². The van der Waals surface area contributed by atoms with Gasteiger partial charge in [0.05, 0.1) is 19.3 Å². The standard InChI is InChI=1S/C25H32N4O4/c1-5-32-22-15-17(9-10-21(22)31-4)16-29-13-11-18(12-14-29)26-25-27-20-8-6-7-19(23(20)33-25)24(30)28(2)3/h6-10,15,18H,5,11-14,16H2,1-4H3,(H,26,27). The molecular formula is C25H32N4O4. The molecule has 2 aromatic carbocycles. The van der Waals surface area contributed by atoms with Crippen molar-refractivity contribution in [3.63, 3.8) is 0 Å². The summed E-state index contributed by atoms with van der Waals surface area (Å²) in [6.45, 7) is 5.39. The van der Waals surface area contributed by atoms with Crippen molar-refractivity contribution < 1.29 is 18.7 Å². The van der Waals surface area contributed by atoms with Gasteiger partial charge in [-0.2, -0.15) is 4.98 Å². The van der Waals surface area contributed by atoms with Crippen molar-refractivity contribution in [3.8, 4) is 11.5 Å². The van der Waals surface area contributed by atoms with Crippen molar-refractivity contribution in [2.45, 2.75) is 32.4 Å². The second-order valence-electron chi connectivity index (χ2n) is 8.49. The minimum absolute atomic E-state index is 0.0948. The summed E-state index contributed by atoms with van der Waals surface area (Å²) in [5, 5.41) is 3.43. The van der Waals surface area contributed by atoms with Crippen molar-refractivity contribution >= 4 is 23.0 Å². The van der Waals surface area contributed by atoms with Crippen LogP contribution in [0.2, 0.25) is 0 Å². The Morgan fingerprint density at radius 2 is 2.00 bits per heavy atom. The minimum Gasteiger partial charge on any atom is -0.493 e. The number of benzene rings is 2. The van der Waals surface area contributed by atoms with Gasteiger partial charge in [0.2, 0.25) is 0 Å². The number of methoxy groups -OCH3 is 1. The number of hydrogen-bond donors (Lipinski definition) is 1. The average Bonchev–Trinajstić information content (AvgIpc) is 3.23. The van der Waals surface area contributed by atoms with E-state index < -0.39 is 0 Å². The van der Waals surface area contributed by atoms with Crippen LogP contribution in [0.5, 0.6) is 11.5 Å². The molecule has 0 aliphatic carbocycles. The molecule has 1 aliphatic rings. The van der Waals surface area contributed by atoms with Gasteiger partial charge in [0, 0.05) is 39.8 Å². The highest BCUT2D eigenvalue weighted by Crippen LogP contribution is 2.29. The molecule has 4 rings (SSSR count). The summed E-state index contributed by atoms with van der Waals surface area (Å²) >= 11 is 0. The van der Waals surface area contributed by atoms with E-state index in [1.54, 1.807) is 32.2 Å². The van der Waals surface area contributed by atoms with Gasteiger partial charge in [0.25, 0.3) is 11.9 Å². The van der Waals surface area contributed by atoms with E-state index in [2.05, 4.69) is 27.3 Å². The fraction of sp³-hybridized carbons (Fsp3) is 0.440. The number of hydrogen-bond acceptors (Lipinski definition) is 7. The Balaban J connectivity index is 1.36. The molecule has 1 fully saturated rings. The second kappa shape index (κ2) is 10.1. The minimum atomic E-state index is -0.0948. The van der Waals surface area contributed by atoms with Gasteiger partial charge in [0.15, 0.2) is 17.1 Å². The second-order valence-corrected chi connectivity index (χ2v) is 8.49. The zero-order chi connectivity index (χ0) is 23.4. The molecule has 0 spiro atoms. The summed E-state index contributed by atoms with van der Waals surface area (Å²) in [6, 6.07) is 12.3. The average molecular weight is 453 g/mol. The smallest absolute Gasteiger partial charge is 0.295 e. The summed E-state index contributed by atoms with van der Waals surface area (Å²) < 4.78 is 17.0. The van der Waals surface area contributed by atoms with E-state index in [-0.39, 0.29) is 11.9 Å². The van der Waals surface area contributed by atoms with Gasteiger partial charge in [-0.3, -0.25) is 9.69 Å². The lowest BCUT2D eigenvalue weighted by Crippen LogP contribution is -2.38. The number of amides is 1. The number of aromatic nitrogens is 1. The van der Waals surface area contributed by atoms with Gasteiger partial charge in [-0.15, -0.1) is 0 Å². The largest absolute Gasteiger partial charge is 0.493 e. The van der Waals surface area contributed by atoms with Crippen molar-refractivity contribution in [1.29, 1.82) is 0 Å². The Morgan fingerprint density at radius 3 is 2.70 bits per heavy atom. The van der Waals surface area contributed by atoms with Gasteiger partial charge < -0.3 is 24.1 Å². The molecule has 176 valence electrons. The molecule has 0 bridgehead atoms. The number of carbonyl (C=O) groups excluding carboxylic acids is 1. The lowest BCUT2D eigenvalue weighted by molar-refractivity contribution is 0.0828. The fourth-order valence-electron chi connectivity index (χ4n) is 4.18. The Labute approximate surface area is 194 Å². The maximum Gasteiger partial charge on any atom is 0.295 e. The molecule has 33 heavy (non-hydrogen) atoms. The number of likely N-dealkylation sites (tertiary alicyclic amines) is 1. The molecular weight excluding hydrogens is 420 g/mol. The number of nitrogens with zero attached hydrogens (tertiary/aromatic N) is 3. The first kappa shape index (κ1) is 22.9. The molecule has 8 heteroatoms. The quantitative estimate of drug-likeness (QED) is 0.553. The third kappa shape index (κ3) is 5.22. The summed E-state index contributed by atoms with van der Waals surface area (Å²) in [7, 11) is 5.12. The number of carbonyl (C=O) groups is 1. The van der Waals surface area contributed by atoms with E-state index >= 15 is 0 Å². The van der Waals surface area contributed by atoms with E-state index in [9.17, 15) is 4.79 Å². The summed E-state index contributed by atoms with van der Waals surface area (Å²) in [4.78, 5) is 21.0. The Morgan fingerprint density at radius 1 is 1.21 bits per heavy atom. The van der Waals surface area contributed by atoms with Crippen LogP contribution in [0.15, 0.2) is 40.8 Å². The first-order chi connectivity index (χ1) is 16.0. The van der Waals surface area contributed by atoms with Crippen molar-refractivity contribution in [2.75, 3.05) is 46.2 Å². The maximum absolute atomic E-state index is 12.4. The normalized spacial score (nSPS) is 14.9. The number of para-hydroxylation sites is 1. The van der Waals surface area contributed by atoms with E-state index in [1.165, 1.54) is 5.56 Å². The first-order valence-corrected chi connectivity index (χ1v) is 11.4. The van der Waals surface area contributed by atoms with Crippen molar-refractivity contribution in [1.82, 2.24) is 14.8 Å². The monoisotopic (exact) mass is 452 g/mol. The van der Waals surface area contributed by atoms with Crippen LogP contribution in [0.3, 0.4) is 0 Å². The van der Waals surface area contributed by atoms with E-state index in [0.717, 1.165) is 44.0 Å². The first-order valence-electron chi connectivity index (χ1n) is 11.4. The number of rotatable bonds is 8. The zero-order valence-electron chi connectivity index (χ0n) is 19.8. The van der Waals surface area contributed by atoms with Crippen LogP contribution in [-0.4, -0.2) is 67.6 Å². The SMILES string of the molecule is CCOc1cc(CN2CCC(Nc3nc4cccc(C(=O)N(C)C)c4o3)CC2)ccc1OC. The molecule has 0 radical (unpaired) electrons. The molecule has 8 nitrogen and oxygen atoms in total. The van der Waals surface area contributed by atoms with Gasteiger partial charge in [-0.05, 0) is 49.6 Å². The van der Waals surface area contributed by atoms with Gasteiger partial charge in [0.1, 0.15) is 5.52 Å². The predicted molar refractivity (Wildman–Crippen MR) is 128 cm³/mol. The van der Waals surface area contributed by atoms with Crippen LogP contribution in [-0.2, 0) is 6.54 Å². The molecule has 0 atom stereocenters. The molecule has 3 aromatic rings. The number of anilines is 1. The number of oxazole rings is 1. The molecule has 1 aromatic heterocycles. The summed E-state index contributed by atoms with van der Waals surface area (Å²) in [5.74, 6) is 1.46. The van der Waals surface area contributed by atoms with Crippen LogP contribution in [0.4, 0.5) is 6.01 Å². The molecule has 1 amide bonds. The fourth-order valence-corrected chi connectivity index (χ4v) is 4.18. The number of nitrogens with one attached hydrogen (secondary N) is 1. The highest BCUT2D eigenvalue weighted by atomic mass is 16.5. The van der Waals surface area contributed by atoms with Crippen molar-refractivity contribution in [2.24, 2.45) is 0 Å². The Bertz CT molecular complexity index is 1100. The predicted octanol–water partition coefficient (Wildman–Crippen LogP) is 4.01. The zero-order valence-corrected chi connectivity index (χ0v) is 19.8. The highest BCUT2D eigenvalue weighted by molar-refractivity contribution is 6.04.